The third-order valence-corrected chi connectivity index (χ3v) is 10.5. The van der Waals surface area contributed by atoms with E-state index in [-0.39, 0.29) is 43.9 Å². The predicted molar refractivity (Wildman–Crippen MR) is 226 cm³/mol. The molecule has 4 atom stereocenters. The fourth-order valence-electron chi connectivity index (χ4n) is 7.31. The Morgan fingerprint density at radius 3 is 2.31 bits per heavy atom. The molecule has 14 nitrogen and oxygen atoms in total. The van der Waals surface area contributed by atoms with E-state index >= 15 is 0 Å². The first-order chi connectivity index (χ1) is 28.2. The zero-order valence-electron chi connectivity index (χ0n) is 35.3. The molecule has 0 spiro atoms. The first-order valence-corrected chi connectivity index (χ1v) is 20.2. The molecule has 316 valence electrons. The van der Waals surface area contributed by atoms with Crippen molar-refractivity contribution in [2.45, 2.75) is 78.7 Å². The average molecular weight is 810 g/mol. The van der Waals surface area contributed by atoms with Gasteiger partial charge >= 0.3 is 18.2 Å². The lowest BCUT2D eigenvalue weighted by molar-refractivity contribution is -0.128. The molecule has 5 rings (SSSR count). The number of ether oxygens (including phenoxy) is 2. The van der Waals surface area contributed by atoms with Crippen LogP contribution in [-0.4, -0.2) is 112 Å². The number of carbonyl (C=O) groups excluding carboxylic acids is 4. The lowest BCUT2D eigenvalue weighted by Gasteiger charge is -2.35. The third kappa shape index (κ3) is 11.9. The highest BCUT2D eigenvalue weighted by Gasteiger charge is 2.41. The summed E-state index contributed by atoms with van der Waals surface area (Å²) in [6, 6.07) is 23.9. The molecule has 3 N–H and O–H groups in total. The van der Waals surface area contributed by atoms with Gasteiger partial charge in [0.1, 0.15) is 11.8 Å². The van der Waals surface area contributed by atoms with E-state index in [1.807, 2.05) is 107 Å². The zero-order valence-corrected chi connectivity index (χ0v) is 35.3. The molecular weight excluding hydrogens is 751 g/mol. The number of aliphatic hydroxyl groups is 1. The standard InChI is InChI=1S/C45H59N7O7/c1-8-31(2)40(51-25-24-49(43(51)56)28-35-17-12-16-34-18-13-23-46-39(34)35)41(54)47-37(26-32-14-10-9-11-15-32)38(53)29-50(27-33-19-21-36(58-6)22-20-33)48-42(55)52(44(57)59-7)30-45(3,4)5/h9-23,31,37-38,40,53H,8,24-30H2,1-7H3,(H,47,54)(H,48,55). The Balaban J connectivity index is 1.40. The van der Waals surface area contributed by atoms with Crippen molar-refractivity contribution >= 4 is 35.0 Å². The molecule has 0 radical (unpaired) electrons. The fourth-order valence-corrected chi connectivity index (χ4v) is 7.31. The number of aromatic nitrogens is 1. The molecule has 14 heteroatoms. The molecule has 0 aliphatic carbocycles. The number of benzene rings is 3. The summed E-state index contributed by atoms with van der Waals surface area (Å²) in [6.45, 7) is 10.9. The topological polar surface area (TPSA) is 157 Å². The molecule has 6 amide bonds. The monoisotopic (exact) mass is 809 g/mol. The number of aliphatic hydroxyl groups excluding tert-OH is 1. The summed E-state index contributed by atoms with van der Waals surface area (Å²) in [7, 11) is 2.78. The molecule has 1 aliphatic rings. The number of para-hydroxylation sites is 1. The summed E-state index contributed by atoms with van der Waals surface area (Å²) in [5.74, 6) is 0.0675. The summed E-state index contributed by atoms with van der Waals surface area (Å²) >= 11 is 0. The van der Waals surface area contributed by atoms with E-state index in [4.69, 9.17) is 9.47 Å². The highest BCUT2D eigenvalue weighted by atomic mass is 16.5. The van der Waals surface area contributed by atoms with Crippen molar-refractivity contribution in [2.75, 3.05) is 40.4 Å². The summed E-state index contributed by atoms with van der Waals surface area (Å²) < 4.78 is 10.3. The van der Waals surface area contributed by atoms with Gasteiger partial charge in [0.2, 0.25) is 5.91 Å². The molecule has 3 aromatic carbocycles. The number of nitrogens with zero attached hydrogens (tertiary/aromatic N) is 5. The Kier molecular flexibility index (Phi) is 15.3. The molecule has 1 fully saturated rings. The van der Waals surface area contributed by atoms with Crippen molar-refractivity contribution in [3.05, 3.63) is 108 Å². The number of rotatable bonds is 17. The van der Waals surface area contributed by atoms with Crippen LogP contribution in [0, 0.1) is 11.3 Å². The number of amides is 6. The highest BCUT2D eigenvalue weighted by molar-refractivity contribution is 5.91. The maximum absolute atomic E-state index is 14.6. The van der Waals surface area contributed by atoms with Crippen molar-refractivity contribution in [1.29, 1.82) is 0 Å². The van der Waals surface area contributed by atoms with Crippen LogP contribution in [0.2, 0.25) is 0 Å². The van der Waals surface area contributed by atoms with E-state index in [2.05, 4.69) is 15.7 Å². The van der Waals surface area contributed by atoms with Crippen LogP contribution in [0.5, 0.6) is 5.75 Å². The molecule has 1 aliphatic heterocycles. The SMILES string of the molecule is CCC(C)C(C(=O)NC(Cc1ccccc1)C(O)CN(Cc1ccc(OC)cc1)NC(=O)N(CC(C)(C)C)C(=O)OC)N1CCN(Cc2cccc3cccnc23)C1=O. The molecule has 0 saturated carbocycles. The molecule has 0 bridgehead atoms. The number of urea groups is 2. The van der Waals surface area contributed by atoms with E-state index < -0.39 is 35.7 Å². The highest BCUT2D eigenvalue weighted by Crippen LogP contribution is 2.25. The Bertz CT molecular complexity index is 2020. The van der Waals surface area contributed by atoms with Gasteiger partial charge < -0.3 is 29.7 Å². The van der Waals surface area contributed by atoms with Crippen molar-refractivity contribution in [2.24, 2.45) is 11.3 Å². The van der Waals surface area contributed by atoms with Gasteiger partial charge in [-0.3, -0.25) is 15.2 Å². The Hall–Kier alpha value is -5.73. The lowest BCUT2D eigenvalue weighted by Crippen LogP contribution is -2.59. The molecular formula is C45H59N7O7. The Morgan fingerprint density at radius 1 is 0.932 bits per heavy atom. The van der Waals surface area contributed by atoms with Crippen LogP contribution in [0.3, 0.4) is 0 Å². The number of nitrogens with one attached hydrogen (secondary N) is 2. The maximum atomic E-state index is 14.6. The number of hydrazine groups is 1. The van der Waals surface area contributed by atoms with Crippen LogP contribution in [0.15, 0.2) is 91.1 Å². The molecule has 59 heavy (non-hydrogen) atoms. The van der Waals surface area contributed by atoms with Crippen molar-refractivity contribution < 1.29 is 33.8 Å². The van der Waals surface area contributed by atoms with Crippen LogP contribution in [0.25, 0.3) is 10.9 Å². The van der Waals surface area contributed by atoms with E-state index in [0.717, 1.165) is 32.5 Å². The molecule has 1 aromatic heterocycles. The first-order valence-electron chi connectivity index (χ1n) is 20.2. The molecule has 4 aromatic rings. The van der Waals surface area contributed by atoms with Gasteiger partial charge in [-0.15, -0.1) is 0 Å². The lowest BCUT2D eigenvalue weighted by atomic mass is 9.95. The third-order valence-electron chi connectivity index (χ3n) is 10.5. The van der Waals surface area contributed by atoms with Crippen LogP contribution in [0.4, 0.5) is 14.4 Å². The van der Waals surface area contributed by atoms with E-state index in [0.29, 0.717) is 31.8 Å². The minimum absolute atomic E-state index is 0.0691. The van der Waals surface area contributed by atoms with E-state index in [1.165, 1.54) is 12.1 Å². The quantitative estimate of drug-likeness (QED) is 0.105. The van der Waals surface area contributed by atoms with E-state index in [1.54, 1.807) is 35.2 Å². The second-order valence-electron chi connectivity index (χ2n) is 16.4. The van der Waals surface area contributed by atoms with Gasteiger partial charge in [0.25, 0.3) is 0 Å². The number of carbonyl (C=O) groups is 4. The summed E-state index contributed by atoms with van der Waals surface area (Å²) in [5, 5.41) is 17.7. The normalized spacial score (nSPS) is 15.1. The van der Waals surface area contributed by atoms with Crippen molar-refractivity contribution in [3.8, 4) is 5.75 Å². The van der Waals surface area contributed by atoms with Gasteiger partial charge in [-0.05, 0) is 52.6 Å². The number of imide groups is 1. The van der Waals surface area contributed by atoms with Crippen LogP contribution < -0.4 is 15.5 Å². The maximum Gasteiger partial charge on any atom is 0.417 e. The second-order valence-corrected chi connectivity index (χ2v) is 16.4. The van der Waals surface area contributed by atoms with Gasteiger partial charge in [0, 0.05) is 50.9 Å². The minimum Gasteiger partial charge on any atom is -0.497 e. The van der Waals surface area contributed by atoms with Gasteiger partial charge in [-0.2, -0.15) is 0 Å². The minimum atomic E-state index is -1.23. The number of hydrogen-bond acceptors (Lipinski definition) is 9. The molecule has 1 saturated heterocycles. The largest absolute Gasteiger partial charge is 0.497 e. The number of hydrogen-bond donors (Lipinski definition) is 3. The molecule has 4 unspecified atom stereocenters. The zero-order chi connectivity index (χ0) is 42.7. The molecule has 2 heterocycles. The predicted octanol–water partition coefficient (Wildman–Crippen LogP) is 6.23. The Labute approximate surface area is 347 Å². The number of methoxy groups -OCH3 is 2. The van der Waals surface area contributed by atoms with Gasteiger partial charge in [0.05, 0.1) is 31.9 Å². The van der Waals surface area contributed by atoms with E-state index in [9.17, 15) is 24.3 Å². The van der Waals surface area contributed by atoms with Gasteiger partial charge in [-0.1, -0.05) is 108 Å². The summed E-state index contributed by atoms with van der Waals surface area (Å²) in [6.07, 6.45) is 0.584. The van der Waals surface area contributed by atoms with Gasteiger partial charge in [0.15, 0.2) is 0 Å². The van der Waals surface area contributed by atoms with Crippen molar-refractivity contribution in [1.82, 2.24) is 35.4 Å². The summed E-state index contributed by atoms with van der Waals surface area (Å²) in [5.41, 5.74) is 5.80. The van der Waals surface area contributed by atoms with Crippen LogP contribution in [-0.2, 0) is 29.0 Å². The fraction of sp³-hybridized carbons (Fsp3) is 0.444. The van der Waals surface area contributed by atoms with Crippen molar-refractivity contribution in [3.63, 3.8) is 0 Å². The average Bonchev–Trinajstić information content (AvgIpc) is 3.57. The number of fused-ring (bicyclic) bond motifs is 1. The van der Waals surface area contributed by atoms with Crippen LogP contribution in [0.1, 0.15) is 57.7 Å². The second kappa shape index (κ2) is 20.3. The van der Waals surface area contributed by atoms with Gasteiger partial charge in [-0.25, -0.2) is 24.3 Å². The summed E-state index contributed by atoms with van der Waals surface area (Å²) in [4.78, 5) is 64.2. The van der Waals surface area contributed by atoms with Crippen LogP contribution >= 0.6 is 0 Å². The first kappa shape index (κ1) is 44.4. The smallest absolute Gasteiger partial charge is 0.417 e. The Morgan fingerprint density at radius 2 is 1.64 bits per heavy atom. The number of pyridine rings is 1.